The second-order valence-corrected chi connectivity index (χ2v) is 4.76. The number of hydrogen-bond donors (Lipinski definition) is 2. The van der Waals surface area contributed by atoms with E-state index >= 15 is 0 Å². The summed E-state index contributed by atoms with van der Waals surface area (Å²) in [5, 5.41) is 5.54. The topological polar surface area (TPSA) is 68.8 Å². The standard InChI is InChI=1S/C17H20N2O4/c1-21-14-6-4-12(5-7-14)11-18-17(20)19-13-8-15(22-2)10-16(9-13)23-3/h4-10H,11H2,1-3H3,(H2,18,19,20). The Bertz CT molecular complexity index is 634. The lowest BCUT2D eigenvalue weighted by Gasteiger charge is -2.11. The normalized spacial score (nSPS) is 9.87. The Kier molecular flexibility index (Phi) is 5.68. The van der Waals surface area contributed by atoms with Gasteiger partial charge in [0.05, 0.1) is 21.3 Å². The van der Waals surface area contributed by atoms with Gasteiger partial charge in [0.2, 0.25) is 0 Å². The van der Waals surface area contributed by atoms with E-state index < -0.39 is 0 Å². The van der Waals surface area contributed by atoms with Crippen LogP contribution >= 0.6 is 0 Å². The number of carbonyl (C=O) groups excluding carboxylic acids is 1. The number of urea groups is 1. The third kappa shape index (κ3) is 4.81. The van der Waals surface area contributed by atoms with Crippen LogP contribution < -0.4 is 24.8 Å². The van der Waals surface area contributed by atoms with E-state index in [1.807, 2.05) is 24.3 Å². The molecule has 0 aromatic heterocycles. The maximum atomic E-state index is 12.0. The van der Waals surface area contributed by atoms with E-state index in [1.165, 1.54) is 0 Å². The summed E-state index contributed by atoms with van der Waals surface area (Å²) >= 11 is 0. The first kappa shape index (κ1) is 16.5. The van der Waals surface area contributed by atoms with Gasteiger partial charge in [-0.05, 0) is 17.7 Å². The van der Waals surface area contributed by atoms with Crippen molar-refractivity contribution in [3.05, 3.63) is 48.0 Å². The molecule has 0 bridgehead atoms. The largest absolute Gasteiger partial charge is 0.497 e. The predicted molar refractivity (Wildman–Crippen MR) is 88.4 cm³/mol. The van der Waals surface area contributed by atoms with Crippen LogP contribution in [0.25, 0.3) is 0 Å². The van der Waals surface area contributed by atoms with Crippen molar-refractivity contribution in [1.82, 2.24) is 5.32 Å². The maximum absolute atomic E-state index is 12.0. The van der Waals surface area contributed by atoms with Gasteiger partial charge in [-0.3, -0.25) is 0 Å². The summed E-state index contributed by atoms with van der Waals surface area (Å²) in [5.41, 5.74) is 1.57. The van der Waals surface area contributed by atoms with Gasteiger partial charge in [-0.15, -0.1) is 0 Å². The number of anilines is 1. The Morgan fingerprint density at radius 1 is 0.870 bits per heavy atom. The second kappa shape index (κ2) is 7.93. The molecule has 23 heavy (non-hydrogen) atoms. The molecule has 6 heteroatoms. The van der Waals surface area contributed by atoms with Gasteiger partial charge < -0.3 is 24.8 Å². The minimum atomic E-state index is -0.309. The van der Waals surface area contributed by atoms with Gasteiger partial charge in [-0.2, -0.15) is 0 Å². The quantitative estimate of drug-likeness (QED) is 0.859. The zero-order chi connectivity index (χ0) is 16.7. The number of ether oxygens (including phenoxy) is 3. The molecule has 0 radical (unpaired) electrons. The van der Waals surface area contributed by atoms with Crippen LogP contribution in [0.1, 0.15) is 5.56 Å². The first-order chi connectivity index (χ1) is 11.1. The molecule has 0 fully saturated rings. The summed E-state index contributed by atoms with van der Waals surface area (Å²) in [7, 11) is 4.73. The zero-order valence-electron chi connectivity index (χ0n) is 13.4. The Labute approximate surface area is 135 Å². The first-order valence-electron chi connectivity index (χ1n) is 7.05. The van der Waals surface area contributed by atoms with Gasteiger partial charge in [0.15, 0.2) is 0 Å². The smallest absolute Gasteiger partial charge is 0.319 e. The van der Waals surface area contributed by atoms with Gasteiger partial charge >= 0.3 is 6.03 Å². The molecular weight excluding hydrogens is 296 g/mol. The fourth-order valence-corrected chi connectivity index (χ4v) is 1.98. The van der Waals surface area contributed by atoms with Crippen molar-refractivity contribution >= 4 is 11.7 Å². The van der Waals surface area contributed by atoms with E-state index in [2.05, 4.69) is 10.6 Å². The Morgan fingerprint density at radius 3 is 1.96 bits per heavy atom. The van der Waals surface area contributed by atoms with Crippen LogP contribution in [-0.2, 0) is 6.54 Å². The molecule has 0 heterocycles. The number of methoxy groups -OCH3 is 3. The summed E-state index contributed by atoms with van der Waals surface area (Å²) in [6.45, 7) is 0.414. The number of rotatable bonds is 6. The summed E-state index contributed by atoms with van der Waals surface area (Å²) in [6.07, 6.45) is 0. The van der Waals surface area contributed by atoms with Gasteiger partial charge in [0.25, 0.3) is 0 Å². The lowest BCUT2D eigenvalue weighted by atomic mass is 10.2. The van der Waals surface area contributed by atoms with E-state index in [4.69, 9.17) is 14.2 Å². The fraction of sp³-hybridized carbons (Fsp3) is 0.235. The summed E-state index contributed by atoms with van der Waals surface area (Å²) in [4.78, 5) is 12.0. The first-order valence-corrected chi connectivity index (χ1v) is 7.05. The number of benzene rings is 2. The van der Waals surface area contributed by atoms with Crippen LogP contribution in [-0.4, -0.2) is 27.4 Å². The highest BCUT2D eigenvalue weighted by Gasteiger charge is 2.06. The monoisotopic (exact) mass is 316 g/mol. The van der Waals surface area contributed by atoms with Gasteiger partial charge in [0, 0.05) is 30.4 Å². The molecule has 0 atom stereocenters. The zero-order valence-corrected chi connectivity index (χ0v) is 13.4. The summed E-state index contributed by atoms with van der Waals surface area (Å²) in [5.74, 6) is 1.99. The van der Waals surface area contributed by atoms with Crippen molar-refractivity contribution in [1.29, 1.82) is 0 Å². The highest BCUT2D eigenvalue weighted by Crippen LogP contribution is 2.25. The van der Waals surface area contributed by atoms with Crippen molar-refractivity contribution in [2.24, 2.45) is 0 Å². The molecule has 0 spiro atoms. The van der Waals surface area contributed by atoms with Gasteiger partial charge in [-0.25, -0.2) is 4.79 Å². The summed E-state index contributed by atoms with van der Waals surface area (Å²) in [6, 6.07) is 12.4. The molecule has 2 aromatic rings. The van der Waals surface area contributed by atoms with Crippen molar-refractivity contribution in [2.75, 3.05) is 26.6 Å². The van der Waals surface area contributed by atoms with Crippen LogP contribution in [0.4, 0.5) is 10.5 Å². The minimum Gasteiger partial charge on any atom is -0.497 e. The van der Waals surface area contributed by atoms with Crippen LogP contribution in [0.5, 0.6) is 17.2 Å². The average Bonchev–Trinajstić information content (AvgIpc) is 2.60. The van der Waals surface area contributed by atoms with E-state index in [-0.39, 0.29) is 6.03 Å². The molecule has 0 aliphatic carbocycles. The molecule has 6 nitrogen and oxygen atoms in total. The second-order valence-electron chi connectivity index (χ2n) is 4.76. The third-order valence-corrected chi connectivity index (χ3v) is 3.22. The predicted octanol–water partition coefficient (Wildman–Crippen LogP) is 3.03. The molecule has 0 unspecified atom stereocenters. The van der Waals surface area contributed by atoms with E-state index in [1.54, 1.807) is 39.5 Å². The van der Waals surface area contributed by atoms with E-state index in [0.717, 1.165) is 11.3 Å². The molecule has 2 amide bonds. The van der Waals surface area contributed by atoms with E-state index in [0.29, 0.717) is 23.7 Å². The molecule has 0 aliphatic rings. The highest BCUT2D eigenvalue weighted by atomic mass is 16.5. The van der Waals surface area contributed by atoms with E-state index in [9.17, 15) is 4.79 Å². The van der Waals surface area contributed by atoms with Crippen LogP contribution in [0, 0.1) is 0 Å². The van der Waals surface area contributed by atoms with Crippen LogP contribution in [0.2, 0.25) is 0 Å². The van der Waals surface area contributed by atoms with Crippen molar-refractivity contribution in [3.8, 4) is 17.2 Å². The molecule has 122 valence electrons. The summed E-state index contributed by atoms with van der Waals surface area (Å²) < 4.78 is 15.4. The fourth-order valence-electron chi connectivity index (χ4n) is 1.98. The maximum Gasteiger partial charge on any atom is 0.319 e. The van der Waals surface area contributed by atoms with Crippen LogP contribution in [0.15, 0.2) is 42.5 Å². The molecule has 0 aliphatic heterocycles. The number of amides is 2. The molecule has 2 N–H and O–H groups in total. The number of hydrogen-bond acceptors (Lipinski definition) is 4. The van der Waals surface area contributed by atoms with Gasteiger partial charge in [-0.1, -0.05) is 12.1 Å². The molecule has 0 saturated heterocycles. The minimum absolute atomic E-state index is 0.309. The van der Waals surface area contributed by atoms with Crippen molar-refractivity contribution < 1.29 is 19.0 Å². The molecule has 2 aromatic carbocycles. The van der Waals surface area contributed by atoms with Crippen molar-refractivity contribution in [3.63, 3.8) is 0 Å². The Hall–Kier alpha value is -2.89. The number of carbonyl (C=O) groups is 1. The molecule has 2 rings (SSSR count). The van der Waals surface area contributed by atoms with Crippen molar-refractivity contribution in [2.45, 2.75) is 6.54 Å². The SMILES string of the molecule is COc1ccc(CNC(=O)Nc2cc(OC)cc(OC)c2)cc1. The number of nitrogens with one attached hydrogen (secondary N) is 2. The Balaban J connectivity index is 1.93. The Morgan fingerprint density at radius 2 is 1.43 bits per heavy atom. The average molecular weight is 316 g/mol. The lowest BCUT2D eigenvalue weighted by Crippen LogP contribution is -2.28. The molecule has 0 saturated carbocycles. The highest BCUT2D eigenvalue weighted by molar-refractivity contribution is 5.89. The third-order valence-electron chi connectivity index (χ3n) is 3.22. The van der Waals surface area contributed by atoms with Crippen LogP contribution in [0.3, 0.4) is 0 Å². The lowest BCUT2D eigenvalue weighted by molar-refractivity contribution is 0.251. The van der Waals surface area contributed by atoms with Gasteiger partial charge in [0.1, 0.15) is 17.2 Å². The molecular formula is C17H20N2O4.